The van der Waals surface area contributed by atoms with Crippen molar-refractivity contribution in [1.82, 2.24) is 5.32 Å². The van der Waals surface area contributed by atoms with Gasteiger partial charge >= 0.3 is 0 Å². The predicted molar refractivity (Wildman–Crippen MR) is 89.5 cm³/mol. The molecule has 0 aliphatic heterocycles. The SMILES string of the molecule is CNC(=O)Cc1ccc(NC(=O)Cc2ccc(OC)cc2)cc1. The zero-order valence-corrected chi connectivity index (χ0v) is 13.3. The summed E-state index contributed by atoms with van der Waals surface area (Å²) in [4.78, 5) is 23.3. The van der Waals surface area contributed by atoms with E-state index in [1.165, 1.54) is 0 Å². The molecule has 0 radical (unpaired) electrons. The number of carbonyl (C=O) groups is 2. The molecule has 5 heteroatoms. The van der Waals surface area contributed by atoms with Gasteiger partial charge in [0.15, 0.2) is 0 Å². The zero-order chi connectivity index (χ0) is 16.7. The van der Waals surface area contributed by atoms with Gasteiger partial charge in [0.25, 0.3) is 0 Å². The molecule has 0 aromatic heterocycles. The van der Waals surface area contributed by atoms with Gasteiger partial charge in [0.1, 0.15) is 5.75 Å². The summed E-state index contributed by atoms with van der Waals surface area (Å²) >= 11 is 0. The maximum absolute atomic E-state index is 12.0. The fourth-order valence-corrected chi connectivity index (χ4v) is 2.11. The van der Waals surface area contributed by atoms with Gasteiger partial charge < -0.3 is 15.4 Å². The van der Waals surface area contributed by atoms with Crippen LogP contribution in [0.5, 0.6) is 5.75 Å². The predicted octanol–water partition coefficient (Wildman–Crippen LogP) is 2.16. The molecule has 0 aliphatic carbocycles. The van der Waals surface area contributed by atoms with Crippen LogP contribution in [0, 0.1) is 0 Å². The molecule has 2 aromatic rings. The van der Waals surface area contributed by atoms with Gasteiger partial charge in [-0.1, -0.05) is 24.3 Å². The Kier molecular flexibility index (Phi) is 5.74. The van der Waals surface area contributed by atoms with Gasteiger partial charge in [-0.2, -0.15) is 0 Å². The van der Waals surface area contributed by atoms with Crippen LogP contribution in [0.15, 0.2) is 48.5 Å². The van der Waals surface area contributed by atoms with Crippen molar-refractivity contribution in [2.45, 2.75) is 12.8 Å². The number of benzene rings is 2. The molecule has 0 aliphatic rings. The highest BCUT2D eigenvalue weighted by Crippen LogP contribution is 2.14. The largest absolute Gasteiger partial charge is 0.497 e. The molecular weight excluding hydrogens is 292 g/mol. The smallest absolute Gasteiger partial charge is 0.228 e. The highest BCUT2D eigenvalue weighted by molar-refractivity contribution is 5.92. The number of carbonyl (C=O) groups excluding carboxylic acids is 2. The molecule has 2 aromatic carbocycles. The number of hydrogen-bond acceptors (Lipinski definition) is 3. The fourth-order valence-electron chi connectivity index (χ4n) is 2.11. The molecular formula is C18H20N2O3. The second-order valence-corrected chi connectivity index (χ2v) is 5.12. The Morgan fingerprint density at radius 2 is 1.39 bits per heavy atom. The van der Waals surface area contributed by atoms with Crippen LogP contribution in [0.2, 0.25) is 0 Å². The molecule has 0 bridgehead atoms. The second kappa shape index (κ2) is 7.98. The minimum Gasteiger partial charge on any atom is -0.497 e. The van der Waals surface area contributed by atoms with E-state index in [1.807, 2.05) is 36.4 Å². The van der Waals surface area contributed by atoms with Gasteiger partial charge in [-0.3, -0.25) is 9.59 Å². The number of nitrogens with one attached hydrogen (secondary N) is 2. The van der Waals surface area contributed by atoms with Gasteiger partial charge in [-0.05, 0) is 35.4 Å². The van der Waals surface area contributed by atoms with E-state index in [4.69, 9.17) is 4.74 Å². The minimum absolute atomic E-state index is 0.0405. The lowest BCUT2D eigenvalue weighted by Gasteiger charge is -2.07. The summed E-state index contributed by atoms with van der Waals surface area (Å²) in [7, 11) is 3.21. The van der Waals surface area contributed by atoms with Crippen molar-refractivity contribution >= 4 is 17.5 Å². The Balaban J connectivity index is 1.90. The number of amides is 2. The summed E-state index contributed by atoms with van der Waals surface area (Å²) in [6, 6.07) is 14.6. The number of methoxy groups -OCH3 is 1. The first kappa shape index (κ1) is 16.5. The third kappa shape index (κ3) is 5.14. The monoisotopic (exact) mass is 312 g/mol. The number of hydrogen-bond donors (Lipinski definition) is 2. The fraction of sp³-hybridized carbons (Fsp3) is 0.222. The van der Waals surface area contributed by atoms with Crippen LogP contribution in [0.4, 0.5) is 5.69 Å². The highest BCUT2D eigenvalue weighted by Gasteiger charge is 2.05. The standard InChI is InChI=1S/C18H20N2O3/c1-19-17(21)11-13-3-7-15(8-4-13)20-18(22)12-14-5-9-16(23-2)10-6-14/h3-10H,11-12H2,1-2H3,(H,19,21)(H,20,22). The molecule has 2 rings (SSSR count). The van der Waals surface area contributed by atoms with E-state index in [1.54, 1.807) is 26.3 Å². The van der Waals surface area contributed by atoms with Crippen molar-refractivity contribution in [3.05, 3.63) is 59.7 Å². The summed E-state index contributed by atoms with van der Waals surface area (Å²) in [5.41, 5.74) is 2.53. The average Bonchev–Trinajstić information content (AvgIpc) is 2.57. The highest BCUT2D eigenvalue weighted by atomic mass is 16.5. The second-order valence-electron chi connectivity index (χ2n) is 5.12. The van der Waals surface area contributed by atoms with Gasteiger partial charge in [0.2, 0.25) is 11.8 Å². The third-order valence-corrected chi connectivity index (χ3v) is 3.40. The summed E-state index contributed by atoms with van der Waals surface area (Å²) in [6.07, 6.45) is 0.626. The summed E-state index contributed by atoms with van der Waals surface area (Å²) in [6.45, 7) is 0. The molecule has 0 fully saturated rings. The minimum atomic E-state index is -0.0887. The zero-order valence-electron chi connectivity index (χ0n) is 13.3. The molecule has 120 valence electrons. The van der Waals surface area contributed by atoms with E-state index in [-0.39, 0.29) is 11.8 Å². The quantitative estimate of drug-likeness (QED) is 0.859. The van der Waals surface area contributed by atoms with E-state index in [2.05, 4.69) is 10.6 Å². The molecule has 2 N–H and O–H groups in total. The number of likely N-dealkylation sites (N-methyl/N-ethyl adjacent to an activating group) is 1. The van der Waals surface area contributed by atoms with Crippen LogP contribution in [0.1, 0.15) is 11.1 Å². The van der Waals surface area contributed by atoms with Crippen molar-refractivity contribution in [3.8, 4) is 5.75 Å². The van der Waals surface area contributed by atoms with Crippen LogP contribution in [-0.4, -0.2) is 26.0 Å². The molecule has 0 atom stereocenters. The number of rotatable bonds is 6. The summed E-state index contributed by atoms with van der Waals surface area (Å²) in [5.74, 6) is 0.636. The van der Waals surface area contributed by atoms with Crippen molar-refractivity contribution < 1.29 is 14.3 Å². The molecule has 0 spiro atoms. The van der Waals surface area contributed by atoms with Gasteiger partial charge in [0.05, 0.1) is 20.0 Å². The van der Waals surface area contributed by atoms with Crippen molar-refractivity contribution in [2.24, 2.45) is 0 Å². The first-order chi connectivity index (χ1) is 11.1. The van der Waals surface area contributed by atoms with E-state index < -0.39 is 0 Å². The Labute approximate surface area is 135 Å². The maximum Gasteiger partial charge on any atom is 0.228 e. The van der Waals surface area contributed by atoms with Crippen LogP contribution in [0.3, 0.4) is 0 Å². The summed E-state index contributed by atoms with van der Waals surface area (Å²) < 4.78 is 5.09. The molecule has 5 nitrogen and oxygen atoms in total. The van der Waals surface area contributed by atoms with Crippen LogP contribution in [-0.2, 0) is 22.4 Å². The van der Waals surface area contributed by atoms with E-state index in [0.29, 0.717) is 18.5 Å². The van der Waals surface area contributed by atoms with E-state index >= 15 is 0 Å². The van der Waals surface area contributed by atoms with Gasteiger partial charge in [-0.25, -0.2) is 0 Å². The Bertz CT molecular complexity index is 664. The van der Waals surface area contributed by atoms with Gasteiger partial charge in [0, 0.05) is 12.7 Å². The lowest BCUT2D eigenvalue weighted by atomic mass is 10.1. The molecule has 0 saturated carbocycles. The maximum atomic E-state index is 12.0. The molecule has 0 saturated heterocycles. The van der Waals surface area contributed by atoms with E-state index in [9.17, 15) is 9.59 Å². The van der Waals surface area contributed by atoms with Gasteiger partial charge in [-0.15, -0.1) is 0 Å². The topological polar surface area (TPSA) is 67.4 Å². The lowest BCUT2D eigenvalue weighted by Crippen LogP contribution is -2.20. The molecule has 0 unspecified atom stereocenters. The molecule has 0 heterocycles. The van der Waals surface area contributed by atoms with Crippen molar-refractivity contribution in [1.29, 1.82) is 0 Å². The Morgan fingerprint density at radius 1 is 0.870 bits per heavy atom. The van der Waals surface area contributed by atoms with Crippen molar-refractivity contribution in [2.75, 3.05) is 19.5 Å². The summed E-state index contributed by atoms with van der Waals surface area (Å²) in [5, 5.41) is 5.42. The van der Waals surface area contributed by atoms with Crippen LogP contribution in [0.25, 0.3) is 0 Å². The van der Waals surface area contributed by atoms with Crippen molar-refractivity contribution in [3.63, 3.8) is 0 Å². The Hall–Kier alpha value is -2.82. The molecule has 2 amide bonds. The average molecular weight is 312 g/mol. The van der Waals surface area contributed by atoms with Crippen LogP contribution < -0.4 is 15.4 Å². The number of ether oxygens (including phenoxy) is 1. The first-order valence-electron chi connectivity index (χ1n) is 7.33. The van der Waals surface area contributed by atoms with E-state index in [0.717, 1.165) is 16.9 Å². The third-order valence-electron chi connectivity index (χ3n) is 3.40. The number of anilines is 1. The normalized spacial score (nSPS) is 10.0. The molecule has 23 heavy (non-hydrogen) atoms. The van der Waals surface area contributed by atoms with Crippen LogP contribution >= 0.6 is 0 Å². The Morgan fingerprint density at radius 3 is 1.91 bits per heavy atom. The first-order valence-corrected chi connectivity index (χ1v) is 7.33. The lowest BCUT2D eigenvalue weighted by molar-refractivity contribution is -0.120.